The Kier molecular flexibility index (Phi) is 16.8. The van der Waals surface area contributed by atoms with E-state index in [2.05, 4.69) is 65.1 Å². The second-order valence-electron chi connectivity index (χ2n) is 24.3. The van der Waals surface area contributed by atoms with Crippen molar-refractivity contribution in [3.8, 4) is 47.0 Å². The van der Waals surface area contributed by atoms with E-state index in [1.165, 1.54) is 24.8 Å². The summed E-state index contributed by atoms with van der Waals surface area (Å²) in [5.41, 5.74) is 1.14. The van der Waals surface area contributed by atoms with Gasteiger partial charge < -0.3 is 44.9 Å². The Morgan fingerprint density at radius 2 is 1.84 bits per heavy atom. The number of phenols is 1. The van der Waals surface area contributed by atoms with E-state index < -0.39 is 17.3 Å². The molecule has 0 amide bonds. The molecule has 75 heavy (non-hydrogen) atoms. The van der Waals surface area contributed by atoms with Crippen LogP contribution in [-0.4, -0.2) is 79.4 Å². The number of benzene rings is 2. The summed E-state index contributed by atoms with van der Waals surface area (Å²) >= 11 is 0. The summed E-state index contributed by atoms with van der Waals surface area (Å²) in [6.45, 7) is 3.12. The van der Waals surface area contributed by atoms with E-state index in [9.17, 15) is 15.3 Å². The average molecular weight is 1030 g/mol. The van der Waals surface area contributed by atoms with Crippen molar-refractivity contribution in [2.45, 2.75) is 178 Å². The number of rotatable bonds is 13. The van der Waals surface area contributed by atoms with Crippen molar-refractivity contribution >= 4 is 17.4 Å². The number of carbonyl (C=O) groups is 1. The number of fused-ring (bicyclic) bond motifs is 9. The summed E-state index contributed by atoms with van der Waals surface area (Å²) in [4.78, 5) is 20.5. The quantitative estimate of drug-likeness (QED) is 0.0836. The highest BCUT2D eigenvalue weighted by Crippen LogP contribution is 2.67. The number of nitrogens with one attached hydrogen (secondary N) is 3. The Bertz CT molecular complexity index is 2540. The molecule has 6 saturated carbocycles. The van der Waals surface area contributed by atoms with E-state index >= 15 is 4.79 Å². The van der Waals surface area contributed by atoms with Gasteiger partial charge in [-0.3, -0.25) is 15.1 Å². The molecule has 13 unspecified atom stereocenters. The first kappa shape index (κ1) is 53.7. The maximum Gasteiger partial charge on any atom is 0.207 e. The number of ether oxygens (including phenoxy) is 4. The van der Waals surface area contributed by atoms with Crippen LogP contribution in [0.1, 0.15) is 159 Å². The standard InChI is InChI=1S/C63H86N4O8/c1-5-41-21-23-48-49(19-12-30-68)51-20-10-28-63(51)46-35-53(59-56(36-46)75-61(40-64-2)38-43(14-13-31-73-59)44(39-61)34-58(71)74-47-17-7-6-8-18-47)67-60(65-3)66-29-11-16-45-15-9-27-62(45,57(70)26-24-52(63)50(48)32-41)37-42-22-25-54(69)55(33-42)72-4/h22,24-26,33,35-36,41,43-45,47-52,58,64,68-69,71H,5-10,12,14-21,23,27-28,30,32,34,37-40H2,1-4H3,(H2,65,66,67). The van der Waals surface area contributed by atoms with Crippen LogP contribution >= 0.6 is 0 Å². The van der Waals surface area contributed by atoms with Gasteiger partial charge in [-0.1, -0.05) is 75.9 Å². The molecule has 6 aliphatic carbocycles. The SMILES string of the molecule is CCC1CCC2C(C1)C1C=CC(=O)C3(Cc4ccc(O)c(OC)c4)CCCC3CC#CNC(=NC)Nc3cc(cc4c3OC#CCC3CC(CNC)(CC3CC(O)OC3CCCCC3)O4)C13CCCC3C2CCCO. The third-order valence-corrected chi connectivity index (χ3v) is 20.3. The molecule has 13 atom stereocenters. The summed E-state index contributed by atoms with van der Waals surface area (Å²) in [6, 6.07) is 13.3. The van der Waals surface area contributed by atoms with Crippen LogP contribution in [0.25, 0.3) is 0 Å². The Balaban J connectivity index is 1.13. The fraction of sp³-hybridized carbons (Fsp3) is 0.683. The maximum atomic E-state index is 15.8. The zero-order valence-electron chi connectivity index (χ0n) is 45.4. The smallest absolute Gasteiger partial charge is 0.207 e. The third kappa shape index (κ3) is 10.8. The van der Waals surface area contributed by atoms with Crippen LogP contribution in [0.2, 0.25) is 0 Å². The van der Waals surface area contributed by atoms with E-state index in [0.717, 1.165) is 108 Å². The van der Waals surface area contributed by atoms with Crippen molar-refractivity contribution in [1.29, 1.82) is 0 Å². The number of allylic oxidation sites excluding steroid dienone is 2. The monoisotopic (exact) mass is 1030 g/mol. The maximum absolute atomic E-state index is 15.8. The predicted molar refractivity (Wildman–Crippen MR) is 293 cm³/mol. The molecule has 2 aliphatic heterocycles. The summed E-state index contributed by atoms with van der Waals surface area (Å²) in [7, 11) is 5.31. The van der Waals surface area contributed by atoms with Crippen LogP contribution < -0.4 is 30.2 Å². The molecule has 2 heterocycles. The van der Waals surface area contributed by atoms with Crippen molar-refractivity contribution in [3.05, 3.63) is 53.6 Å². The van der Waals surface area contributed by atoms with Crippen molar-refractivity contribution in [3.63, 3.8) is 0 Å². The van der Waals surface area contributed by atoms with E-state index in [-0.39, 0.29) is 53.3 Å². The van der Waals surface area contributed by atoms with Gasteiger partial charge in [0.05, 0.1) is 18.9 Å². The van der Waals surface area contributed by atoms with Crippen LogP contribution in [0.4, 0.5) is 5.69 Å². The van der Waals surface area contributed by atoms with Gasteiger partial charge >= 0.3 is 0 Å². The lowest BCUT2D eigenvalue weighted by molar-refractivity contribution is -0.154. The highest BCUT2D eigenvalue weighted by Gasteiger charge is 2.61. The second-order valence-corrected chi connectivity index (χ2v) is 24.3. The van der Waals surface area contributed by atoms with Gasteiger partial charge in [0.15, 0.2) is 29.3 Å². The molecule has 2 aromatic rings. The van der Waals surface area contributed by atoms with Gasteiger partial charge in [-0.05, 0) is 185 Å². The summed E-state index contributed by atoms with van der Waals surface area (Å²) < 4.78 is 26.2. The average Bonchev–Trinajstić information content (AvgIpc) is 4.23. The number of aliphatic imine (C=N–C) groups is 1. The fourth-order valence-corrected chi connectivity index (χ4v) is 17.0. The Hall–Kier alpha value is -4.72. The van der Waals surface area contributed by atoms with E-state index in [1.54, 1.807) is 20.2 Å². The third-order valence-electron chi connectivity index (χ3n) is 20.3. The molecule has 12 nitrogen and oxygen atoms in total. The first-order valence-corrected chi connectivity index (χ1v) is 29.2. The summed E-state index contributed by atoms with van der Waals surface area (Å²) in [5, 5.41) is 43.2. The van der Waals surface area contributed by atoms with Gasteiger partial charge in [0, 0.05) is 56.3 Å². The van der Waals surface area contributed by atoms with Crippen LogP contribution in [0.3, 0.4) is 0 Å². The van der Waals surface area contributed by atoms with Gasteiger partial charge in [-0.2, -0.15) is 0 Å². The number of likely N-dealkylation sites (N-methyl/N-ethyl adjacent to an activating group) is 1. The number of phenolic OH excluding ortho intramolecular Hbond substituents is 1. The molecule has 1 spiro atoms. The molecule has 2 aromatic carbocycles. The van der Waals surface area contributed by atoms with Gasteiger partial charge in [0.25, 0.3) is 0 Å². The van der Waals surface area contributed by atoms with Crippen LogP contribution in [-0.2, 0) is 21.4 Å². The Labute approximate surface area is 447 Å². The number of carbonyl (C=O) groups excluding carboxylic acids is 1. The lowest BCUT2D eigenvalue weighted by atomic mass is 9.45. The van der Waals surface area contributed by atoms with Crippen LogP contribution in [0.15, 0.2) is 47.5 Å². The number of nitrogens with zero attached hydrogens (tertiary/aromatic N) is 1. The highest BCUT2D eigenvalue weighted by atomic mass is 16.6. The predicted octanol–water partition coefficient (Wildman–Crippen LogP) is 10.6. The molecule has 0 radical (unpaired) electrons. The van der Waals surface area contributed by atoms with Crippen molar-refractivity contribution in [2.24, 2.45) is 63.7 Å². The zero-order valence-corrected chi connectivity index (χ0v) is 45.4. The lowest BCUT2D eigenvalue weighted by Gasteiger charge is -2.59. The zero-order chi connectivity index (χ0) is 52.2. The molecule has 6 N–H and O–H groups in total. The van der Waals surface area contributed by atoms with Crippen LogP contribution in [0.5, 0.6) is 23.0 Å². The molecule has 10 rings (SSSR count). The number of hydrogen-bond donors (Lipinski definition) is 6. The number of ketones is 1. The van der Waals surface area contributed by atoms with Crippen molar-refractivity contribution < 1.29 is 39.1 Å². The molecule has 4 bridgehead atoms. The van der Waals surface area contributed by atoms with Gasteiger partial charge in [0.1, 0.15) is 11.7 Å². The molecule has 12 heteroatoms. The summed E-state index contributed by atoms with van der Waals surface area (Å²) in [5.74, 6) is 11.6. The Morgan fingerprint density at radius 1 is 0.987 bits per heavy atom. The highest BCUT2D eigenvalue weighted by molar-refractivity contribution is 5.97. The van der Waals surface area contributed by atoms with Gasteiger partial charge in [-0.15, -0.1) is 0 Å². The van der Waals surface area contributed by atoms with Crippen molar-refractivity contribution in [2.75, 3.05) is 39.7 Å². The molecular formula is C63H86N4O8. The number of aliphatic hydroxyl groups is 2. The number of anilines is 1. The van der Waals surface area contributed by atoms with E-state index in [4.69, 9.17) is 23.9 Å². The minimum absolute atomic E-state index is 0.0119. The number of methoxy groups -OCH3 is 1. The summed E-state index contributed by atoms with van der Waals surface area (Å²) in [6.07, 6.45) is 28.0. The molecule has 8 aliphatic rings. The number of guanidine groups is 1. The minimum Gasteiger partial charge on any atom is -0.504 e. The molecule has 6 fully saturated rings. The lowest BCUT2D eigenvalue weighted by Crippen LogP contribution is -2.55. The largest absolute Gasteiger partial charge is 0.504 e. The topological polar surface area (TPSA) is 163 Å². The molecule has 406 valence electrons. The number of aliphatic hydroxyl groups excluding tert-OH is 2. The minimum atomic E-state index is -0.847. The number of hydrogen-bond acceptors (Lipinski definition) is 10. The Morgan fingerprint density at radius 3 is 2.64 bits per heavy atom. The van der Waals surface area contributed by atoms with E-state index in [1.807, 2.05) is 25.3 Å². The van der Waals surface area contributed by atoms with Gasteiger partial charge in [-0.25, -0.2) is 0 Å². The van der Waals surface area contributed by atoms with E-state index in [0.29, 0.717) is 90.7 Å². The van der Waals surface area contributed by atoms with Crippen molar-refractivity contribution in [1.82, 2.24) is 10.6 Å². The molecular weight excluding hydrogens is 941 g/mol. The number of aromatic hydroxyl groups is 1. The molecule has 0 saturated heterocycles. The first-order valence-electron chi connectivity index (χ1n) is 29.2. The normalized spacial score (nSPS) is 35.3. The fourth-order valence-electron chi connectivity index (χ4n) is 17.0. The molecule has 0 aromatic heterocycles. The first-order chi connectivity index (χ1) is 36.5. The van der Waals surface area contributed by atoms with Crippen LogP contribution in [0, 0.1) is 82.7 Å². The second kappa shape index (κ2) is 23.5. The van der Waals surface area contributed by atoms with Gasteiger partial charge in [0.2, 0.25) is 11.7 Å².